The number of pyridine rings is 1. The van der Waals surface area contributed by atoms with Crippen LogP contribution in [0.25, 0.3) is 10.9 Å². The Labute approximate surface area is 165 Å². The van der Waals surface area contributed by atoms with E-state index in [0.717, 1.165) is 36.2 Å². The molecule has 2 heterocycles. The lowest BCUT2D eigenvalue weighted by Crippen LogP contribution is -2.30. The molecule has 0 saturated carbocycles. The number of nitrogens with zero attached hydrogens (tertiary/aromatic N) is 2. The van der Waals surface area contributed by atoms with Crippen LogP contribution in [0.1, 0.15) is 29.6 Å². The van der Waals surface area contributed by atoms with Crippen molar-refractivity contribution in [3.8, 4) is 0 Å². The van der Waals surface area contributed by atoms with Crippen molar-refractivity contribution < 1.29 is 9.18 Å². The monoisotopic (exact) mass is 427 g/mol. The second-order valence-electron chi connectivity index (χ2n) is 6.71. The normalized spacial score (nSPS) is 14.4. The van der Waals surface area contributed by atoms with Gasteiger partial charge in [0.25, 0.3) is 5.91 Å². The molecule has 0 spiro atoms. The Bertz CT molecular complexity index is 985. The number of piperidine rings is 1. The third-order valence-corrected chi connectivity index (χ3v) is 5.30. The van der Waals surface area contributed by atoms with Crippen molar-refractivity contribution in [2.75, 3.05) is 23.3 Å². The maximum Gasteiger partial charge on any atom is 0.255 e. The van der Waals surface area contributed by atoms with Crippen molar-refractivity contribution >= 4 is 44.2 Å². The van der Waals surface area contributed by atoms with Crippen LogP contribution in [0.3, 0.4) is 0 Å². The van der Waals surface area contributed by atoms with Gasteiger partial charge < -0.3 is 10.2 Å². The second kappa shape index (κ2) is 7.64. The molecule has 4 rings (SSSR count). The summed E-state index contributed by atoms with van der Waals surface area (Å²) in [5, 5.41) is 3.42. The van der Waals surface area contributed by atoms with E-state index < -0.39 is 5.82 Å². The molecule has 1 aromatic heterocycles. The number of fused-ring (bicyclic) bond motifs is 1. The third kappa shape index (κ3) is 3.95. The number of anilines is 2. The second-order valence-corrected chi connectivity index (χ2v) is 7.62. The summed E-state index contributed by atoms with van der Waals surface area (Å²) in [5.41, 5.74) is 1.26. The first kappa shape index (κ1) is 17.9. The van der Waals surface area contributed by atoms with Crippen molar-refractivity contribution in [2.45, 2.75) is 19.3 Å². The Balaban J connectivity index is 1.59. The first-order valence-corrected chi connectivity index (χ1v) is 9.82. The zero-order valence-electron chi connectivity index (χ0n) is 14.7. The van der Waals surface area contributed by atoms with E-state index in [0.29, 0.717) is 22.2 Å². The highest BCUT2D eigenvalue weighted by Gasteiger charge is 2.15. The molecule has 3 aromatic rings. The fraction of sp³-hybridized carbons (Fsp3) is 0.238. The molecule has 138 valence electrons. The number of benzene rings is 2. The number of hydrogen-bond acceptors (Lipinski definition) is 3. The summed E-state index contributed by atoms with van der Waals surface area (Å²) in [5.74, 6) is 0.101. The van der Waals surface area contributed by atoms with Crippen LogP contribution in [0.5, 0.6) is 0 Å². The number of amides is 1. The lowest BCUT2D eigenvalue weighted by atomic mass is 10.1. The first-order chi connectivity index (χ1) is 13.1. The number of halogens is 2. The van der Waals surface area contributed by atoms with E-state index in [1.807, 2.05) is 12.1 Å². The summed E-state index contributed by atoms with van der Waals surface area (Å²) >= 11 is 3.34. The molecule has 2 aromatic carbocycles. The Morgan fingerprint density at radius 3 is 2.52 bits per heavy atom. The Morgan fingerprint density at radius 1 is 1.04 bits per heavy atom. The predicted octanol–water partition coefficient (Wildman–Crippen LogP) is 5.38. The van der Waals surface area contributed by atoms with E-state index in [9.17, 15) is 9.18 Å². The SMILES string of the molecule is O=C(Nc1cc(F)c2nc(N3CCCCC3)ccc2c1)c1ccc(Br)cc1. The van der Waals surface area contributed by atoms with E-state index in [1.165, 1.54) is 12.5 Å². The molecule has 27 heavy (non-hydrogen) atoms. The number of carbonyl (C=O) groups excluding carboxylic acids is 1. The number of hydrogen-bond donors (Lipinski definition) is 1. The molecule has 0 atom stereocenters. The van der Waals surface area contributed by atoms with E-state index in [2.05, 4.69) is 31.1 Å². The lowest BCUT2D eigenvalue weighted by molar-refractivity contribution is 0.102. The molecular weight excluding hydrogens is 409 g/mol. The van der Waals surface area contributed by atoms with Crippen LogP contribution in [0.4, 0.5) is 15.9 Å². The minimum atomic E-state index is -0.433. The van der Waals surface area contributed by atoms with Gasteiger partial charge >= 0.3 is 0 Å². The van der Waals surface area contributed by atoms with E-state index in [-0.39, 0.29) is 5.91 Å². The molecule has 1 N–H and O–H groups in total. The van der Waals surface area contributed by atoms with Gasteiger partial charge in [-0.1, -0.05) is 15.9 Å². The molecule has 1 amide bonds. The minimum absolute atomic E-state index is 0.279. The van der Waals surface area contributed by atoms with Crippen LogP contribution in [-0.4, -0.2) is 24.0 Å². The number of rotatable bonds is 3. The molecule has 4 nitrogen and oxygen atoms in total. The van der Waals surface area contributed by atoms with Crippen molar-refractivity contribution in [2.24, 2.45) is 0 Å². The first-order valence-electron chi connectivity index (χ1n) is 9.02. The number of carbonyl (C=O) groups is 1. The summed E-state index contributed by atoms with van der Waals surface area (Å²) in [6, 6.07) is 13.9. The fourth-order valence-corrected chi connectivity index (χ4v) is 3.62. The quantitative estimate of drug-likeness (QED) is 0.610. The summed E-state index contributed by atoms with van der Waals surface area (Å²) in [4.78, 5) is 19.1. The van der Waals surface area contributed by atoms with Gasteiger partial charge in [0.2, 0.25) is 0 Å². The summed E-state index contributed by atoms with van der Waals surface area (Å²) in [6.45, 7) is 1.92. The van der Waals surface area contributed by atoms with Crippen molar-refractivity contribution in [3.63, 3.8) is 0 Å². The smallest absolute Gasteiger partial charge is 0.255 e. The van der Waals surface area contributed by atoms with Gasteiger partial charge in [-0.25, -0.2) is 9.37 Å². The molecule has 0 radical (unpaired) electrons. The summed E-state index contributed by atoms with van der Waals surface area (Å²) in [7, 11) is 0. The molecule has 0 aliphatic carbocycles. The molecule has 1 aliphatic rings. The van der Waals surface area contributed by atoms with Gasteiger partial charge in [0.15, 0.2) is 5.82 Å². The highest BCUT2D eigenvalue weighted by Crippen LogP contribution is 2.26. The minimum Gasteiger partial charge on any atom is -0.357 e. The average molecular weight is 428 g/mol. The highest BCUT2D eigenvalue weighted by molar-refractivity contribution is 9.10. The van der Waals surface area contributed by atoms with Crippen LogP contribution < -0.4 is 10.2 Å². The number of nitrogens with one attached hydrogen (secondary N) is 1. The molecule has 0 bridgehead atoms. The van der Waals surface area contributed by atoms with Crippen LogP contribution in [-0.2, 0) is 0 Å². The van der Waals surface area contributed by atoms with E-state index in [4.69, 9.17) is 0 Å². The van der Waals surface area contributed by atoms with Crippen LogP contribution in [0, 0.1) is 5.82 Å². The van der Waals surface area contributed by atoms with Crippen LogP contribution >= 0.6 is 15.9 Å². The largest absolute Gasteiger partial charge is 0.357 e. The maximum absolute atomic E-state index is 14.7. The Kier molecular flexibility index (Phi) is 5.07. The summed E-state index contributed by atoms with van der Waals surface area (Å²) in [6.07, 6.45) is 3.52. The Morgan fingerprint density at radius 2 is 1.78 bits per heavy atom. The highest BCUT2D eigenvalue weighted by atomic mass is 79.9. The molecule has 1 fully saturated rings. The third-order valence-electron chi connectivity index (χ3n) is 4.78. The predicted molar refractivity (Wildman–Crippen MR) is 110 cm³/mol. The van der Waals surface area contributed by atoms with Gasteiger partial charge in [-0.2, -0.15) is 0 Å². The average Bonchev–Trinajstić information content (AvgIpc) is 2.69. The zero-order valence-corrected chi connectivity index (χ0v) is 16.3. The molecular formula is C21H19BrFN3O. The molecule has 1 aliphatic heterocycles. The van der Waals surface area contributed by atoms with Crippen LogP contribution in [0.15, 0.2) is 53.0 Å². The maximum atomic E-state index is 14.7. The summed E-state index contributed by atoms with van der Waals surface area (Å²) < 4.78 is 15.6. The van der Waals surface area contributed by atoms with Gasteiger partial charge in [0, 0.05) is 34.2 Å². The lowest BCUT2D eigenvalue weighted by Gasteiger charge is -2.27. The van der Waals surface area contributed by atoms with Gasteiger partial charge in [-0.15, -0.1) is 0 Å². The van der Waals surface area contributed by atoms with E-state index in [1.54, 1.807) is 30.3 Å². The molecule has 0 unspecified atom stereocenters. The fourth-order valence-electron chi connectivity index (χ4n) is 3.36. The zero-order chi connectivity index (χ0) is 18.8. The van der Waals surface area contributed by atoms with Gasteiger partial charge in [-0.05, 0) is 67.8 Å². The van der Waals surface area contributed by atoms with Crippen LogP contribution in [0.2, 0.25) is 0 Å². The standard InChI is InChI=1S/C21H19BrFN3O/c22-16-7-4-14(5-8-16)21(27)24-17-12-15-6-9-19(25-20(15)18(23)13-17)26-10-2-1-3-11-26/h4-9,12-13H,1-3,10-11H2,(H,24,27). The van der Waals surface area contributed by atoms with Crippen molar-refractivity contribution in [1.82, 2.24) is 4.98 Å². The van der Waals surface area contributed by atoms with Crippen molar-refractivity contribution in [1.29, 1.82) is 0 Å². The Hall–Kier alpha value is -2.47. The van der Waals surface area contributed by atoms with Crippen molar-refractivity contribution in [3.05, 3.63) is 64.4 Å². The molecule has 1 saturated heterocycles. The topological polar surface area (TPSA) is 45.2 Å². The van der Waals surface area contributed by atoms with Gasteiger partial charge in [0.1, 0.15) is 11.3 Å². The molecule has 6 heteroatoms. The number of aromatic nitrogens is 1. The van der Waals surface area contributed by atoms with E-state index >= 15 is 0 Å². The van der Waals surface area contributed by atoms with Gasteiger partial charge in [0.05, 0.1) is 0 Å². The van der Waals surface area contributed by atoms with Gasteiger partial charge in [-0.3, -0.25) is 4.79 Å².